The van der Waals surface area contributed by atoms with Gasteiger partial charge in [-0.25, -0.2) is 13.8 Å². The first kappa shape index (κ1) is 12.7. The predicted molar refractivity (Wildman–Crippen MR) is 56.6 cm³/mol. The van der Waals surface area contributed by atoms with Gasteiger partial charge in [-0.15, -0.1) is 5.10 Å². The molecule has 0 bridgehead atoms. The van der Waals surface area contributed by atoms with Crippen molar-refractivity contribution in [2.75, 3.05) is 24.5 Å². The average molecular weight is 231 g/mol. The van der Waals surface area contributed by atoms with Gasteiger partial charge in [0.25, 0.3) is 6.43 Å². The van der Waals surface area contributed by atoms with Crippen LogP contribution in [0.5, 0.6) is 0 Å². The molecule has 0 aromatic carbocycles. The number of aryl methyl sites for hydroxylation is 2. The molecule has 1 aromatic heterocycles. The van der Waals surface area contributed by atoms with E-state index < -0.39 is 13.0 Å². The fourth-order valence-electron chi connectivity index (χ4n) is 1.17. The Hall–Kier alpha value is -1.37. The Balaban J connectivity index is 2.87. The van der Waals surface area contributed by atoms with Gasteiger partial charge < -0.3 is 10.6 Å². The van der Waals surface area contributed by atoms with Crippen molar-refractivity contribution in [2.45, 2.75) is 20.3 Å². The fraction of sp³-hybridized carbons (Fsp3) is 0.667. The van der Waals surface area contributed by atoms with Gasteiger partial charge in [-0.1, -0.05) is 0 Å². The summed E-state index contributed by atoms with van der Waals surface area (Å²) in [5, 5.41) is 7.64. The molecule has 0 saturated carbocycles. The average Bonchev–Trinajstić information content (AvgIpc) is 2.21. The summed E-state index contributed by atoms with van der Waals surface area (Å²) in [5.41, 5.74) is 6.72. The highest BCUT2D eigenvalue weighted by atomic mass is 19.3. The van der Waals surface area contributed by atoms with Crippen LogP contribution in [0, 0.1) is 13.8 Å². The zero-order valence-corrected chi connectivity index (χ0v) is 9.32. The number of alkyl halides is 2. The van der Waals surface area contributed by atoms with Crippen molar-refractivity contribution in [3.63, 3.8) is 0 Å². The maximum atomic E-state index is 12.3. The zero-order valence-electron chi connectivity index (χ0n) is 9.32. The molecule has 0 aliphatic carbocycles. The maximum absolute atomic E-state index is 12.3. The number of aromatic nitrogens is 3. The summed E-state index contributed by atoms with van der Waals surface area (Å²) >= 11 is 0. The van der Waals surface area contributed by atoms with E-state index in [4.69, 9.17) is 5.73 Å². The molecule has 0 saturated heterocycles. The smallest absolute Gasteiger partial charge is 0.255 e. The summed E-state index contributed by atoms with van der Waals surface area (Å²) in [6.07, 6.45) is -2.45. The van der Waals surface area contributed by atoms with Crippen LogP contribution in [0.4, 0.5) is 14.7 Å². The molecule has 1 aromatic rings. The molecule has 0 fully saturated rings. The van der Waals surface area contributed by atoms with Crippen LogP contribution in [0.3, 0.4) is 0 Å². The highest BCUT2D eigenvalue weighted by molar-refractivity contribution is 5.29. The summed E-state index contributed by atoms with van der Waals surface area (Å²) in [6.45, 7) is 3.65. The minimum atomic E-state index is -2.45. The van der Waals surface area contributed by atoms with Crippen molar-refractivity contribution in [3.05, 3.63) is 11.4 Å². The summed E-state index contributed by atoms with van der Waals surface area (Å²) in [7, 11) is 0. The Labute approximate surface area is 92.7 Å². The summed E-state index contributed by atoms with van der Waals surface area (Å²) in [4.78, 5) is 5.45. The number of hydrogen-bond donors (Lipinski definition) is 1. The molecule has 5 nitrogen and oxygen atoms in total. The van der Waals surface area contributed by atoms with Gasteiger partial charge in [0.2, 0.25) is 5.95 Å². The third-order valence-corrected chi connectivity index (χ3v) is 2.12. The number of rotatable bonds is 5. The van der Waals surface area contributed by atoms with Crippen LogP contribution in [0.2, 0.25) is 0 Å². The lowest BCUT2D eigenvalue weighted by Gasteiger charge is -2.21. The number of hydrogen-bond acceptors (Lipinski definition) is 5. The van der Waals surface area contributed by atoms with Crippen LogP contribution in [-0.4, -0.2) is 41.2 Å². The second kappa shape index (κ2) is 5.64. The van der Waals surface area contributed by atoms with E-state index in [1.54, 1.807) is 13.8 Å². The summed E-state index contributed by atoms with van der Waals surface area (Å²) in [6, 6.07) is 0. The van der Waals surface area contributed by atoms with E-state index in [-0.39, 0.29) is 19.0 Å². The second-order valence-corrected chi connectivity index (χ2v) is 3.41. The Morgan fingerprint density at radius 1 is 1.25 bits per heavy atom. The molecule has 0 radical (unpaired) electrons. The van der Waals surface area contributed by atoms with Crippen LogP contribution >= 0.6 is 0 Å². The van der Waals surface area contributed by atoms with E-state index in [0.717, 1.165) is 0 Å². The Morgan fingerprint density at radius 2 is 1.94 bits per heavy atom. The Bertz CT molecular complexity index is 345. The quantitative estimate of drug-likeness (QED) is 0.800. The van der Waals surface area contributed by atoms with E-state index in [1.165, 1.54) is 4.90 Å². The molecule has 0 unspecified atom stereocenters. The minimum absolute atomic E-state index is 0.203. The molecule has 90 valence electrons. The van der Waals surface area contributed by atoms with Gasteiger partial charge in [0.1, 0.15) is 0 Å². The third-order valence-electron chi connectivity index (χ3n) is 2.12. The van der Waals surface area contributed by atoms with Crippen molar-refractivity contribution in [3.8, 4) is 0 Å². The molecule has 16 heavy (non-hydrogen) atoms. The van der Waals surface area contributed by atoms with Gasteiger partial charge in [0.05, 0.1) is 17.9 Å². The predicted octanol–water partition coefficient (Wildman–Crippen LogP) is 0.519. The van der Waals surface area contributed by atoms with Crippen molar-refractivity contribution >= 4 is 5.95 Å². The molecule has 7 heteroatoms. The largest absolute Gasteiger partial charge is 0.333 e. The topological polar surface area (TPSA) is 67.9 Å². The normalized spacial score (nSPS) is 10.9. The van der Waals surface area contributed by atoms with Crippen LogP contribution < -0.4 is 10.6 Å². The van der Waals surface area contributed by atoms with Crippen molar-refractivity contribution in [1.29, 1.82) is 0 Å². The highest BCUT2D eigenvalue weighted by Crippen LogP contribution is 2.09. The molecular weight excluding hydrogens is 216 g/mol. The Kier molecular flexibility index (Phi) is 4.48. The Morgan fingerprint density at radius 3 is 2.44 bits per heavy atom. The lowest BCUT2D eigenvalue weighted by Crippen LogP contribution is -2.35. The van der Waals surface area contributed by atoms with Gasteiger partial charge in [-0.05, 0) is 13.8 Å². The number of anilines is 1. The number of halogens is 2. The molecule has 0 spiro atoms. The fourth-order valence-corrected chi connectivity index (χ4v) is 1.17. The lowest BCUT2D eigenvalue weighted by molar-refractivity contribution is 0.154. The lowest BCUT2D eigenvalue weighted by atomic mass is 10.4. The van der Waals surface area contributed by atoms with E-state index in [9.17, 15) is 8.78 Å². The molecular formula is C9H15F2N5. The second-order valence-electron chi connectivity index (χ2n) is 3.41. The van der Waals surface area contributed by atoms with Gasteiger partial charge in [0.15, 0.2) is 0 Å². The molecule has 2 N–H and O–H groups in total. The minimum Gasteiger partial charge on any atom is -0.333 e. The monoisotopic (exact) mass is 231 g/mol. The van der Waals surface area contributed by atoms with Crippen LogP contribution in [-0.2, 0) is 0 Å². The highest BCUT2D eigenvalue weighted by Gasteiger charge is 2.15. The molecule has 0 atom stereocenters. The molecule has 0 amide bonds. The molecule has 1 heterocycles. The first-order chi connectivity index (χ1) is 7.54. The van der Waals surface area contributed by atoms with Gasteiger partial charge in [0, 0.05) is 13.1 Å². The van der Waals surface area contributed by atoms with E-state index in [2.05, 4.69) is 15.2 Å². The number of nitrogens with zero attached hydrogens (tertiary/aromatic N) is 4. The van der Waals surface area contributed by atoms with E-state index >= 15 is 0 Å². The molecule has 0 aliphatic rings. The summed E-state index contributed by atoms with van der Waals surface area (Å²) in [5.74, 6) is 0.203. The zero-order chi connectivity index (χ0) is 12.1. The SMILES string of the molecule is Cc1nnc(N(CCN)CC(F)F)nc1C. The van der Waals surface area contributed by atoms with Crippen molar-refractivity contribution in [1.82, 2.24) is 15.2 Å². The van der Waals surface area contributed by atoms with Crippen LogP contribution in [0.25, 0.3) is 0 Å². The van der Waals surface area contributed by atoms with E-state index in [1.807, 2.05) is 0 Å². The molecule has 0 aliphatic heterocycles. The molecule has 1 rings (SSSR count). The first-order valence-electron chi connectivity index (χ1n) is 4.95. The third kappa shape index (κ3) is 3.34. The summed E-state index contributed by atoms with van der Waals surface area (Å²) < 4.78 is 24.6. The van der Waals surface area contributed by atoms with E-state index in [0.29, 0.717) is 11.4 Å². The van der Waals surface area contributed by atoms with Crippen LogP contribution in [0.1, 0.15) is 11.4 Å². The van der Waals surface area contributed by atoms with Gasteiger partial charge in [-0.2, -0.15) is 5.10 Å². The maximum Gasteiger partial charge on any atom is 0.255 e. The number of nitrogens with two attached hydrogens (primary N) is 1. The standard InChI is InChI=1S/C9H15F2N5/c1-6-7(2)14-15-9(13-6)16(4-3-12)5-8(10)11/h8H,3-5,12H2,1-2H3. The first-order valence-corrected chi connectivity index (χ1v) is 4.95. The van der Waals surface area contributed by atoms with Crippen molar-refractivity contribution in [2.24, 2.45) is 5.73 Å². The van der Waals surface area contributed by atoms with Crippen LogP contribution in [0.15, 0.2) is 0 Å². The van der Waals surface area contributed by atoms with Gasteiger partial charge in [-0.3, -0.25) is 0 Å². The van der Waals surface area contributed by atoms with Crippen molar-refractivity contribution < 1.29 is 8.78 Å². The van der Waals surface area contributed by atoms with Gasteiger partial charge >= 0.3 is 0 Å².